The quantitative estimate of drug-likeness (QED) is 0.753. The minimum Gasteiger partial charge on any atom is -0.496 e. The first-order chi connectivity index (χ1) is 11.7. The third kappa shape index (κ3) is 4.55. The first-order valence-corrected chi connectivity index (χ1v) is 7.46. The lowest BCUT2D eigenvalue weighted by Gasteiger charge is -2.15. The van der Waals surface area contributed by atoms with Gasteiger partial charge in [0.2, 0.25) is 5.91 Å². The molecule has 0 aliphatic rings. The minimum absolute atomic E-state index is 0.196. The summed E-state index contributed by atoms with van der Waals surface area (Å²) >= 11 is 0. The lowest BCUT2D eigenvalue weighted by Crippen LogP contribution is -2.23. The summed E-state index contributed by atoms with van der Waals surface area (Å²) in [6, 6.07) is 7.11. The maximum absolute atomic E-state index is 11.8. The van der Waals surface area contributed by atoms with E-state index in [1.54, 1.807) is 57.9 Å². The summed E-state index contributed by atoms with van der Waals surface area (Å²) in [4.78, 5) is 11.8. The summed E-state index contributed by atoms with van der Waals surface area (Å²) in [5, 5.41) is 2.82. The Morgan fingerprint density at radius 1 is 1.17 bits per heavy atom. The fraction of sp³-hybridized carbons (Fsp3) is 0.278. The molecule has 1 heterocycles. The molecule has 2 rings (SSSR count). The molecule has 0 saturated carbocycles. The van der Waals surface area contributed by atoms with E-state index in [4.69, 9.17) is 18.6 Å². The minimum atomic E-state index is -0.196. The van der Waals surface area contributed by atoms with Gasteiger partial charge in [0.1, 0.15) is 23.0 Å². The van der Waals surface area contributed by atoms with Gasteiger partial charge in [0.15, 0.2) is 0 Å². The molecule has 128 valence electrons. The van der Waals surface area contributed by atoms with Crippen molar-refractivity contribution >= 4 is 12.0 Å². The Kier molecular flexibility index (Phi) is 6.31. The molecule has 0 atom stereocenters. The molecule has 1 amide bonds. The zero-order valence-electron chi connectivity index (χ0n) is 14.0. The molecular formula is C18H21NO5. The molecule has 1 aromatic heterocycles. The van der Waals surface area contributed by atoms with Gasteiger partial charge in [-0.3, -0.25) is 4.79 Å². The van der Waals surface area contributed by atoms with E-state index in [1.807, 2.05) is 0 Å². The van der Waals surface area contributed by atoms with Crippen molar-refractivity contribution in [1.29, 1.82) is 0 Å². The molecule has 1 aromatic carbocycles. The lowest BCUT2D eigenvalue weighted by atomic mass is 10.1. The Morgan fingerprint density at radius 3 is 2.42 bits per heavy atom. The van der Waals surface area contributed by atoms with E-state index in [1.165, 1.54) is 6.08 Å². The smallest absolute Gasteiger partial charge is 0.244 e. The number of furan rings is 1. The Bertz CT molecular complexity index is 666. The fourth-order valence-corrected chi connectivity index (χ4v) is 2.24. The van der Waals surface area contributed by atoms with Crippen molar-refractivity contribution in [1.82, 2.24) is 5.32 Å². The van der Waals surface area contributed by atoms with E-state index in [0.717, 1.165) is 5.56 Å². The molecule has 6 heteroatoms. The third-order valence-electron chi connectivity index (χ3n) is 3.43. The SMILES string of the molecule is COc1cc(OC)c(CCNC(=O)C=Cc2ccco2)c(OC)c1. The van der Waals surface area contributed by atoms with Crippen molar-refractivity contribution in [2.45, 2.75) is 6.42 Å². The molecule has 0 radical (unpaired) electrons. The van der Waals surface area contributed by atoms with Crippen molar-refractivity contribution in [2.75, 3.05) is 27.9 Å². The van der Waals surface area contributed by atoms with Crippen molar-refractivity contribution < 1.29 is 23.4 Å². The third-order valence-corrected chi connectivity index (χ3v) is 3.43. The van der Waals surface area contributed by atoms with Gasteiger partial charge in [-0.1, -0.05) is 0 Å². The second-order valence-corrected chi connectivity index (χ2v) is 4.90. The summed E-state index contributed by atoms with van der Waals surface area (Å²) in [6.07, 6.45) is 5.17. The van der Waals surface area contributed by atoms with Crippen LogP contribution in [0.2, 0.25) is 0 Å². The number of nitrogens with one attached hydrogen (secondary N) is 1. The van der Waals surface area contributed by atoms with Crippen molar-refractivity contribution in [3.63, 3.8) is 0 Å². The van der Waals surface area contributed by atoms with Gasteiger partial charge in [0.05, 0.1) is 27.6 Å². The fourth-order valence-electron chi connectivity index (χ4n) is 2.24. The van der Waals surface area contributed by atoms with Crippen LogP contribution in [0.4, 0.5) is 0 Å². The van der Waals surface area contributed by atoms with Gasteiger partial charge in [-0.05, 0) is 24.6 Å². The Balaban J connectivity index is 1.97. The standard InChI is InChI=1S/C18H21NO5/c1-21-14-11-16(22-2)15(17(12-14)23-3)8-9-19-18(20)7-6-13-5-4-10-24-13/h4-7,10-12H,8-9H2,1-3H3,(H,19,20). The maximum Gasteiger partial charge on any atom is 0.244 e. The van der Waals surface area contributed by atoms with Crippen LogP contribution >= 0.6 is 0 Å². The summed E-state index contributed by atoms with van der Waals surface area (Å²) in [6.45, 7) is 0.445. The number of hydrogen-bond acceptors (Lipinski definition) is 5. The summed E-state index contributed by atoms with van der Waals surface area (Å²) in [5.41, 5.74) is 0.871. The van der Waals surface area contributed by atoms with Crippen LogP contribution in [-0.4, -0.2) is 33.8 Å². The van der Waals surface area contributed by atoms with Gasteiger partial charge in [-0.15, -0.1) is 0 Å². The van der Waals surface area contributed by atoms with Crippen LogP contribution in [-0.2, 0) is 11.2 Å². The van der Waals surface area contributed by atoms with E-state index in [0.29, 0.717) is 36.0 Å². The topological polar surface area (TPSA) is 69.9 Å². The molecule has 0 fully saturated rings. The first kappa shape index (κ1) is 17.5. The van der Waals surface area contributed by atoms with Gasteiger partial charge >= 0.3 is 0 Å². The number of rotatable bonds is 8. The van der Waals surface area contributed by atoms with Crippen molar-refractivity contribution in [3.8, 4) is 17.2 Å². The predicted octanol–water partition coefficient (Wildman–Crippen LogP) is 2.68. The van der Waals surface area contributed by atoms with E-state index < -0.39 is 0 Å². The number of carbonyl (C=O) groups is 1. The second-order valence-electron chi connectivity index (χ2n) is 4.90. The summed E-state index contributed by atoms with van der Waals surface area (Å²) < 4.78 is 21.1. The molecule has 0 spiro atoms. The summed E-state index contributed by atoms with van der Waals surface area (Å²) in [5.74, 6) is 2.40. The van der Waals surface area contributed by atoms with Crippen LogP contribution in [0.25, 0.3) is 6.08 Å². The Hall–Kier alpha value is -2.89. The number of ether oxygens (including phenoxy) is 3. The van der Waals surface area contributed by atoms with Gasteiger partial charge < -0.3 is 23.9 Å². The van der Waals surface area contributed by atoms with Gasteiger partial charge in [0, 0.05) is 30.3 Å². The molecule has 2 aromatic rings. The largest absolute Gasteiger partial charge is 0.496 e. The number of benzene rings is 1. The molecule has 24 heavy (non-hydrogen) atoms. The van der Waals surface area contributed by atoms with Crippen LogP contribution in [0.1, 0.15) is 11.3 Å². The average molecular weight is 331 g/mol. The lowest BCUT2D eigenvalue weighted by molar-refractivity contribution is -0.116. The predicted molar refractivity (Wildman–Crippen MR) is 90.6 cm³/mol. The zero-order valence-corrected chi connectivity index (χ0v) is 14.0. The highest BCUT2D eigenvalue weighted by molar-refractivity contribution is 5.91. The first-order valence-electron chi connectivity index (χ1n) is 7.46. The highest BCUT2D eigenvalue weighted by atomic mass is 16.5. The molecule has 0 aliphatic heterocycles. The molecule has 6 nitrogen and oxygen atoms in total. The van der Waals surface area contributed by atoms with Crippen LogP contribution in [0.3, 0.4) is 0 Å². The Morgan fingerprint density at radius 2 is 1.88 bits per heavy atom. The van der Waals surface area contributed by atoms with Crippen LogP contribution < -0.4 is 19.5 Å². The van der Waals surface area contributed by atoms with Crippen molar-refractivity contribution in [2.24, 2.45) is 0 Å². The van der Waals surface area contributed by atoms with Gasteiger partial charge in [-0.2, -0.15) is 0 Å². The normalized spacial score (nSPS) is 10.6. The molecule has 0 unspecified atom stereocenters. The molecule has 0 bridgehead atoms. The second kappa shape index (κ2) is 8.67. The van der Waals surface area contributed by atoms with Crippen LogP contribution in [0.15, 0.2) is 41.0 Å². The maximum atomic E-state index is 11.8. The van der Waals surface area contributed by atoms with E-state index >= 15 is 0 Å². The van der Waals surface area contributed by atoms with Crippen molar-refractivity contribution in [3.05, 3.63) is 47.9 Å². The highest BCUT2D eigenvalue weighted by Crippen LogP contribution is 2.34. The number of methoxy groups -OCH3 is 3. The summed E-state index contributed by atoms with van der Waals surface area (Å²) in [7, 11) is 4.75. The monoisotopic (exact) mass is 331 g/mol. The number of hydrogen-bond donors (Lipinski definition) is 1. The molecule has 1 N–H and O–H groups in total. The van der Waals surface area contributed by atoms with Gasteiger partial charge in [0.25, 0.3) is 0 Å². The average Bonchev–Trinajstić information content (AvgIpc) is 3.13. The number of amides is 1. The zero-order chi connectivity index (χ0) is 17.4. The highest BCUT2D eigenvalue weighted by Gasteiger charge is 2.13. The molecule has 0 aliphatic carbocycles. The van der Waals surface area contributed by atoms with Crippen LogP contribution in [0.5, 0.6) is 17.2 Å². The number of carbonyl (C=O) groups excluding carboxylic acids is 1. The van der Waals surface area contributed by atoms with E-state index in [-0.39, 0.29) is 5.91 Å². The van der Waals surface area contributed by atoms with E-state index in [9.17, 15) is 4.79 Å². The molecule has 0 saturated heterocycles. The molecular weight excluding hydrogens is 310 g/mol. The van der Waals surface area contributed by atoms with Crippen LogP contribution in [0, 0.1) is 0 Å². The van der Waals surface area contributed by atoms with Gasteiger partial charge in [-0.25, -0.2) is 0 Å². The van der Waals surface area contributed by atoms with E-state index in [2.05, 4.69) is 5.32 Å². The Labute approximate surface area is 141 Å².